The number of hydrogen-bond acceptors (Lipinski definition) is 8. The van der Waals surface area contributed by atoms with Crippen LogP contribution < -0.4 is 0 Å². The molecule has 13 atom stereocenters. The van der Waals surface area contributed by atoms with Crippen molar-refractivity contribution in [1.82, 2.24) is 4.90 Å². The molecule has 6 aliphatic rings. The predicted octanol–water partition coefficient (Wildman–Crippen LogP) is -0.383. The van der Waals surface area contributed by atoms with E-state index in [0.29, 0.717) is 26.0 Å². The van der Waals surface area contributed by atoms with E-state index >= 15 is 0 Å². The molecule has 0 radical (unpaired) electrons. The van der Waals surface area contributed by atoms with E-state index < -0.39 is 46.9 Å². The van der Waals surface area contributed by atoms with Crippen molar-refractivity contribution in [3.05, 3.63) is 0 Å². The van der Waals surface area contributed by atoms with Crippen LogP contribution in [0.15, 0.2) is 0 Å². The van der Waals surface area contributed by atoms with E-state index in [1.54, 1.807) is 21.3 Å². The number of fused-ring (bicyclic) bond motifs is 2. The molecular formula is C24H39NO7. The fourth-order valence-electron chi connectivity index (χ4n) is 10.7. The average Bonchev–Trinajstić information content (AvgIpc) is 3.14. The Morgan fingerprint density at radius 3 is 2.47 bits per heavy atom. The van der Waals surface area contributed by atoms with Gasteiger partial charge in [-0.15, -0.1) is 0 Å². The SMILES string of the molecule is CCN1C[C@]2(COC)CCC(O)[C@@]34[C@@H]5C[C@H]6[C@H](O)[C@@H]5[C@](O)(C[C@@H]6OC)[C@@](O)(C(OC)[C@H]23)[C@@H]14. The molecule has 6 fully saturated rings. The Labute approximate surface area is 189 Å². The third-order valence-electron chi connectivity index (χ3n) is 11.2. The van der Waals surface area contributed by atoms with Crippen LogP contribution >= 0.6 is 0 Å². The lowest BCUT2D eigenvalue weighted by Crippen LogP contribution is -2.81. The standard InChI is InChI=1S/C24H39NO7/c1-5-25-10-21(11-30-2)7-6-15(26)23-13-8-12-14(31-3)9-22(28,16(13)17(12)27)24(29,20(23)25)19(32-4)18(21)23/h12-20,26-29H,5-11H2,1-4H3/t12-,13-,14+,15?,16-,17+,18-,19?,20+,21+,22-,23+,24-/m1/s1. The first-order chi connectivity index (χ1) is 15.2. The molecule has 1 saturated heterocycles. The van der Waals surface area contributed by atoms with Crippen LogP contribution in [0.1, 0.15) is 32.6 Å². The lowest BCUT2D eigenvalue weighted by atomic mass is 9.42. The van der Waals surface area contributed by atoms with Crippen molar-refractivity contribution < 1.29 is 34.6 Å². The van der Waals surface area contributed by atoms with Gasteiger partial charge in [0.15, 0.2) is 0 Å². The predicted molar refractivity (Wildman–Crippen MR) is 114 cm³/mol. The second-order valence-corrected chi connectivity index (χ2v) is 11.7. The third-order valence-corrected chi connectivity index (χ3v) is 11.2. The number of piperidine rings is 1. The first kappa shape index (κ1) is 22.2. The van der Waals surface area contributed by atoms with Gasteiger partial charge in [-0.3, -0.25) is 4.90 Å². The Hall–Kier alpha value is -0.320. The molecule has 1 spiro atoms. The summed E-state index contributed by atoms with van der Waals surface area (Å²) in [6.07, 6.45) is -0.0296. The maximum atomic E-state index is 12.8. The highest BCUT2D eigenvalue weighted by Crippen LogP contribution is 2.80. The first-order valence-corrected chi connectivity index (χ1v) is 12.3. The largest absolute Gasteiger partial charge is 0.392 e. The van der Waals surface area contributed by atoms with Gasteiger partial charge in [0.1, 0.15) is 11.2 Å². The summed E-state index contributed by atoms with van der Waals surface area (Å²) >= 11 is 0. The fourth-order valence-corrected chi connectivity index (χ4v) is 10.7. The minimum atomic E-state index is -1.63. The van der Waals surface area contributed by atoms with Gasteiger partial charge < -0.3 is 34.6 Å². The van der Waals surface area contributed by atoms with E-state index in [-0.39, 0.29) is 35.7 Å². The quantitative estimate of drug-likeness (QED) is 0.446. The molecule has 2 unspecified atom stereocenters. The second-order valence-electron chi connectivity index (χ2n) is 11.7. The maximum absolute atomic E-state index is 12.8. The minimum Gasteiger partial charge on any atom is -0.392 e. The van der Waals surface area contributed by atoms with Crippen LogP contribution in [0.5, 0.6) is 0 Å². The van der Waals surface area contributed by atoms with E-state index in [0.717, 1.165) is 13.0 Å². The molecule has 0 aromatic rings. The Bertz CT molecular complexity index is 798. The van der Waals surface area contributed by atoms with E-state index in [2.05, 4.69) is 11.8 Å². The summed E-state index contributed by atoms with van der Waals surface area (Å²) in [5.41, 5.74) is -4.15. The molecule has 1 aliphatic heterocycles. The molecule has 6 rings (SSSR count). The summed E-state index contributed by atoms with van der Waals surface area (Å²) in [4.78, 5) is 2.28. The lowest BCUT2D eigenvalue weighted by molar-refractivity contribution is -0.317. The lowest BCUT2D eigenvalue weighted by Gasteiger charge is -2.69. The Kier molecular flexibility index (Phi) is 4.62. The molecule has 0 aromatic heterocycles. The van der Waals surface area contributed by atoms with Crippen LogP contribution in [0, 0.1) is 34.5 Å². The normalized spacial score (nSPS) is 62.4. The van der Waals surface area contributed by atoms with Crippen molar-refractivity contribution in [1.29, 1.82) is 0 Å². The number of rotatable bonds is 5. The van der Waals surface area contributed by atoms with Gasteiger partial charge in [-0.05, 0) is 31.7 Å². The average molecular weight is 454 g/mol. The molecule has 7 bridgehead atoms. The fraction of sp³-hybridized carbons (Fsp3) is 1.00. The van der Waals surface area contributed by atoms with Gasteiger partial charge in [0.05, 0.1) is 37.1 Å². The number of likely N-dealkylation sites (tertiary alicyclic amines) is 1. The Morgan fingerprint density at radius 1 is 1.09 bits per heavy atom. The molecule has 0 aromatic carbocycles. The number of ether oxygens (including phenoxy) is 3. The molecule has 32 heavy (non-hydrogen) atoms. The number of hydrogen-bond donors (Lipinski definition) is 4. The molecule has 8 heteroatoms. The molecule has 5 saturated carbocycles. The van der Waals surface area contributed by atoms with Gasteiger partial charge in [0.2, 0.25) is 0 Å². The van der Waals surface area contributed by atoms with Crippen LogP contribution in [-0.2, 0) is 14.2 Å². The summed E-state index contributed by atoms with van der Waals surface area (Å²) in [5, 5.41) is 48.5. The van der Waals surface area contributed by atoms with Crippen molar-refractivity contribution in [2.75, 3.05) is 41.0 Å². The van der Waals surface area contributed by atoms with Crippen molar-refractivity contribution in [3.63, 3.8) is 0 Å². The van der Waals surface area contributed by atoms with Crippen LogP contribution in [0.3, 0.4) is 0 Å². The Balaban J connectivity index is 1.67. The maximum Gasteiger partial charge on any atom is 0.136 e. The molecule has 8 nitrogen and oxygen atoms in total. The van der Waals surface area contributed by atoms with E-state index in [9.17, 15) is 20.4 Å². The van der Waals surface area contributed by atoms with Crippen molar-refractivity contribution >= 4 is 0 Å². The zero-order chi connectivity index (χ0) is 22.8. The molecule has 0 amide bonds. The summed E-state index contributed by atoms with van der Waals surface area (Å²) in [6.45, 7) is 4.05. The summed E-state index contributed by atoms with van der Waals surface area (Å²) < 4.78 is 17.7. The topological polar surface area (TPSA) is 112 Å². The molecule has 182 valence electrons. The third kappa shape index (κ3) is 1.99. The molecule has 4 N–H and O–H groups in total. The number of aliphatic hydroxyl groups is 4. The van der Waals surface area contributed by atoms with Gasteiger partial charge in [0, 0.05) is 62.9 Å². The van der Waals surface area contributed by atoms with Gasteiger partial charge in [-0.25, -0.2) is 0 Å². The second kappa shape index (κ2) is 6.66. The van der Waals surface area contributed by atoms with Crippen LogP contribution in [0.4, 0.5) is 0 Å². The molecule has 5 aliphatic carbocycles. The van der Waals surface area contributed by atoms with Crippen LogP contribution in [0.2, 0.25) is 0 Å². The van der Waals surface area contributed by atoms with Crippen molar-refractivity contribution in [2.24, 2.45) is 34.5 Å². The van der Waals surface area contributed by atoms with Gasteiger partial charge in [0.25, 0.3) is 0 Å². The van der Waals surface area contributed by atoms with Gasteiger partial charge in [-0.1, -0.05) is 6.92 Å². The highest BCUT2D eigenvalue weighted by Gasteiger charge is 2.91. The highest BCUT2D eigenvalue weighted by atomic mass is 16.5. The van der Waals surface area contributed by atoms with Crippen LogP contribution in [-0.4, -0.2) is 108 Å². The van der Waals surface area contributed by atoms with Crippen LogP contribution in [0.25, 0.3) is 0 Å². The van der Waals surface area contributed by atoms with Gasteiger partial charge >= 0.3 is 0 Å². The smallest absolute Gasteiger partial charge is 0.136 e. The minimum absolute atomic E-state index is 0.102. The number of aliphatic hydroxyl groups excluding tert-OH is 2. The summed E-state index contributed by atoms with van der Waals surface area (Å²) in [5.74, 6) is -0.889. The zero-order valence-electron chi connectivity index (χ0n) is 19.6. The van der Waals surface area contributed by atoms with E-state index in [1.807, 2.05) is 0 Å². The Morgan fingerprint density at radius 2 is 1.84 bits per heavy atom. The van der Waals surface area contributed by atoms with Gasteiger partial charge in [-0.2, -0.15) is 0 Å². The number of nitrogens with zero attached hydrogens (tertiary/aromatic N) is 1. The summed E-state index contributed by atoms with van der Waals surface area (Å²) in [6, 6.07) is -0.442. The summed E-state index contributed by atoms with van der Waals surface area (Å²) in [7, 11) is 4.95. The molecular weight excluding hydrogens is 414 g/mol. The van der Waals surface area contributed by atoms with Crippen molar-refractivity contribution in [2.45, 2.75) is 74.3 Å². The monoisotopic (exact) mass is 453 g/mol. The van der Waals surface area contributed by atoms with E-state index in [1.165, 1.54) is 0 Å². The highest BCUT2D eigenvalue weighted by molar-refractivity contribution is 5.41. The van der Waals surface area contributed by atoms with E-state index in [4.69, 9.17) is 14.2 Å². The number of methoxy groups -OCH3 is 3. The van der Waals surface area contributed by atoms with Crippen molar-refractivity contribution in [3.8, 4) is 0 Å². The first-order valence-electron chi connectivity index (χ1n) is 12.3. The zero-order valence-corrected chi connectivity index (χ0v) is 19.6. The molecule has 1 heterocycles. The number of likely N-dealkylation sites (N-methyl/N-ethyl adjacent to an activating group) is 1.